The lowest BCUT2D eigenvalue weighted by atomic mass is 9.90. The molecule has 1 saturated heterocycles. The minimum Gasteiger partial charge on any atom is -0.379 e. The van der Waals surface area contributed by atoms with Gasteiger partial charge in [-0.15, -0.1) is 0 Å². The Morgan fingerprint density at radius 3 is 2.21 bits per heavy atom. The maximum Gasteiger partial charge on any atom is 0.0594 e. The Bertz CT molecular complexity index is 134. The van der Waals surface area contributed by atoms with E-state index in [9.17, 15) is 0 Å². The quantitative estimate of drug-likeness (QED) is 0.696. The summed E-state index contributed by atoms with van der Waals surface area (Å²) < 4.78 is 5.31. The Hall–Kier alpha value is -0.0800. The van der Waals surface area contributed by atoms with Crippen LogP contribution in [-0.2, 0) is 4.74 Å². The van der Waals surface area contributed by atoms with Gasteiger partial charge in [0, 0.05) is 13.1 Å². The first kappa shape index (κ1) is 13.9. The first-order valence-corrected chi connectivity index (χ1v) is 5.38. The van der Waals surface area contributed by atoms with E-state index in [0.29, 0.717) is 5.41 Å². The molecule has 0 atom stereocenters. The van der Waals surface area contributed by atoms with Crippen molar-refractivity contribution < 1.29 is 4.74 Å². The van der Waals surface area contributed by atoms with Gasteiger partial charge in [0.05, 0.1) is 13.2 Å². The third-order valence-electron chi connectivity index (χ3n) is 2.50. The number of hydrogen-bond acceptors (Lipinski definition) is 2. The fraction of sp³-hybridized carbons (Fsp3) is 1.00. The Labute approximate surface area is 89.6 Å². The molecule has 14 heavy (non-hydrogen) atoms. The lowest BCUT2D eigenvalue weighted by Crippen LogP contribution is -2.37. The van der Waals surface area contributed by atoms with Crippen molar-refractivity contribution in [2.24, 2.45) is 5.41 Å². The van der Waals surface area contributed by atoms with Gasteiger partial charge in [0.15, 0.2) is 0 Å². The summed E-state index contributed by atoms with van der Waals surface area (Å²) in [6, 6.07) is 0. The monoisotopic (exact) mass is 201 g/mol. The smallest absolute Gasteiger partial charge is 0.0594 e. The van der Waals surface area contributed by atoms with Crippen LogP contribution in [0.1, 0.15) is 41.0 Å². The Kier molecular flexibility index (Phi) is 6.38. The lowest BCUT2D eigenvalue weighted by molar-refractivity contribution is 0.0361. The molecule has 1 aliphatic rings. The summed E-state index contributed by atoms with van der Waals surface area (Å²) in [4.78, 5) is 2.51. The van der Waals surface area contributed by atoms with Crippen LogP contribution in [0.15, 0.2) is 0 Å². The SMILES string of the molecule is C.CC(C)(C)CCCN1CCOCC1. The van der Waals surface area contributed by atoms with Gasteiger partial charge in [-0.3, -0.25) is 4.90 Å². The fourth-order valence-electron chi connectivity index (χ4n) is 1.66. The maximum atomic E-state index is 5.31. The van der Waals surface area contributed by atoms with Crippen LogP contribution in [0.2, 0.25) is 0 Å². The maximum absolute atomic E-state index is 5.31. The Morgan fingerprint density at radius 2 is 1.71 bits per heavy atom. The molecule has 0 radical (unpaired) electrons. The number of hydrogen-bond donors (Lipinski definition) is 0. The van der Waals surface area contributed by atoms with Crippen molar-refractivity contribution >= 4 is 0 Å². The molecule has 1 aliphatic heterocycles. The fourth-order valence-corrected chi connectivity index (χ4v) is 1.66. The van der Waals surface area contributed by atoms with E-state index in [1.807, 2.05) is 0 Å². The highest BCUT2D eigenvalue weighted by Crippen LogP contribution is 2.20. The summed E-state index contributed by atoms with van der Waals surface area (Å²) in [7, 11) is 0. The molecule has 0 N–H and O–H groups in total. The van der Waals surface area contributed by atoms with Gasteiger partial charge < -0.3 is 4.74 Å². The van der Waals surface area contributed by atoms with Crippen LogP contribution < -0.4 is 0 Å². The van der Waals surface area contributed by atoms with Gasteiger partial charge in [0.1, 0.15) is 0 Å². The summed E-state index contributed by atoms with van der Waals surface area (Å²) >= 11 is 0. The molecule has 1 heterocycles. The standard InChI is InChI=1S/C11H23NO.CH4/c1-11(2,3)5-4-6-12-7-9-13-10-8-12;/h4-10H2,1-3H3;1H4. The predicted octanol–water partition coefficient (Wildman–Crippen LogP) is 2.78. The predicted molar refractivity (Wildman–Crippen MR) is 62.7 cm³/mol. The number of nitrogens with zero attached hydrogens (tertiary/aromatic N) is 1. The van der Waals surface area contributed by atoms with Crippen molar-refractivity contribution in [2.75, 3.05) is 32.8 Å². The van der Waals surface area contributed by atoms with Crippen LogP contribution in [0.4, 0.5) is 0 Å². The van der Waals surface area contributed by atoms with E-state index in [2.05, 4.69) is 25.7 Å². The van der Waals surface area contributed by atoms with E-state index in [-0.39, 0.29) is 7.43 Å². The van der Waals surface area contributed by atoms with E-state index < -0.39 is 0 Å². The van der Waals surface area contributed by atoms with E-state index in [0.717, 1.165) is 26.3 Å². The highest BCUT2D eigenvalue weighted by Gasteiger charge is 2.13. The van der Waals surface area contributed by atoms with Gasteiger partial charge in [0.2, 0.25) is 0 Å². The van der Waals surface area contributed by atoms with Crippen molar-refractivity contribution in [1.29, 1.82) is 0 Å². The molecule has 2 heteroatoms. The van der Waals surface area contributed by atoms with Gasteiger partial charge >= 0.3 is 0 Å². The molecule has 0 aromatic carbocycles. The summed E-state index contributed by atoms with van der Waals surface area (Å²) in [5.41, 5.74) is 0.492. The Morgan fingerprint density at radius 1 is 1.14 bits per heavy atom. The van der Waals surface area contributed by atoms with Crippen LogP contribution in [0.5, 0.6) is 0 Å². The minimum absolute atomic E-state index is 0. The van der Waals surface area contributed by atoms with Crippen LogP contribution in [0.3, 0.4) is 0 Å². The zero-order chi connectivity index (χ0) is 9.73. The molecular weight excluding hydrogens is 174 g/mol. The van der Waals surface area contributed by atoms with Crippen molar-refractivity contribution in [2.45, 2.75) is 41.0 Å². The molecule has 2 nitrogen and oxygen atoms in total. The zero-order valence-electron chi connectivity index (χ0n) is 9.31. The molecule has 0 spiro atoms. The molecule has 0 saturated carbocycles. The average Bonchev–Trinajstić information content (AvgIpc) is 2.04. The van der Waals surface area contributed by atoms with Gasteiger partial charge in [-0.05, 0) is 24.8 Å². The Balaban J connectivity index is 0.00000169. The van der Waals surface area contributed by atoms with Crippen molar-refractivity contribution in [3.8, 4) is 0 Å². The number of rotatable bonds is 3. The van der Waals surface area contributed by atoms with Crippen LogP contribution in [-0.4, -0.2) is 37.7 Å². The summed E-state index contributed by atoms with van der Waals surface area (Å²) in [5, 5.41) is 0. The first-order valence-electron chi connectivity index (χ1n) is 5.38. The molecule has 1 rings (SSSR count). The van der Waals surface area contributed by atoms with E-state index in [4.69, 9.17) is 4.74 Å². The number of morpholine rings is 1. The molecule has 0 aliphatic carbocycles. The average molecular weight is 201 g/mol. The minimum atomic E-state index is 0. The van der Waals surface area contributed by atoms with Crippen LogP contribution in [0.25, 0.3) is 0 Å². The second kappa shape index (κ2) is 6.41. The molecular formula is C12H27NO. The summed E-state index contributed by atoms with van der Waals surface area (Å²) in [6.45, 7) is 12.3. The largest absolute Gasteiger partial charge is 0.379 e. The van der Waals surface area contributed by atoms with Crippen molar-refractivity contribution in [3.63, 3.8) is 0 Å². The normalized spacial score (nSPS) is 19.1. The summed E-state index contributed by atoms with van der Waals surface area (Å²) in [5.74, 6) is 0. The van der Waals surface area contributed by atoms with Crippen LogP contribution >= 0.6 is 0 Å². The second-order valence-electron chi connectivity index (χ2n) is 5.12. The molecule has 0 aromatic rings. The summed E-state index contributed by atoms with van der Waals surface area (Å²) in [6.07, 6.45) is 2.65. The third-order valence-corrected chi connectivity index (χ3v) is 2.50. The second-order valence-corrected chi connectivity index (χ2v) is 5.12. The highest BCUT2D eigenvalue weighted by molar-refractivity contribution is 4.66. The van der Waals surface area contributed by atoms with Gasteiger partial charge in [-0.2, -0.15) is 0 Å². The molecule has 1 fully saturated rings. The first-order chi connectivity index (χ1) is 6.08. The van der Waals surface area contributed by atoms with E-state index >= 15 is 0 Å². The van der Waals surface area contributed by atoms with E-state index in [1.165, 1.54) is 19.4 Å². The van der Waals surface area contributed by atoms with Crippen molar-refractivity contribution in [3.05, 3.63) is 0 Å². The zero-order valence-corrected chi connectivity index (χ0v) is 9.31. The molecule has 0 unspecified atom stereocenters. The molecule has 86 valence electrons. The topological polar surface area (TPSA) is 12.5 Å². The number of ether oxygens (including phenoxy) is 1. The van der Waals surface area contributed by atoms with Crippen LogP contribution in [0, 0.1) is 5.41 Å². The van der Waals surface area contributed by atoms with Gasteiger partial charge in [-0.1, -0.05) is 28.2 Å². The van der Waals surface area contributed by atoms with Crippen molar-refractivity contribution in [1.82, 2.24) is 4.90 Å². The van der Waals surface area contributed by atoms with E-state index in [1.54, 1.807) is 0 Å². The highest BCUT2D eigenvalue weighted by atomic mass is 16.5. The molecule has 0 aromatic heterocycles. The van der Waals surface area contributed by atoms with Gasteiger partial charge in [0.25, 0.3) is 0 Å². The lowest BCUT2D eigenvalue weighted by Gasteiger charge is -2.27. The van der Waals surface area contributed by atoms with Gasteiger partial charge in [-0.25, -0.2) is 0 Å². The molecule has 0 amide bonds. The molecule has 0 bridgehead atoms. The third kappa shape index (κ3) is 6.39.